The molecule has 13 heavy (non-hydrogen) atoms. The van der Waals surface area contributed by atoms with E-state index >= 15 is 0 Å². The zero-order valence-electron chi connectivity index (χ0n) is 6.77. The third kappa shape index (κ3) is 1.70. The summed E-state index contributed by atoms with van der Waals surface area (Å²) >= 11 is 5.59. The Morgan fingerprint density at radius 3 is 3.00 bits per heavy atom. The molecule has 0 aromatic carbocycles. The van der Waals surface area contributed by atoms with Gasteiger partial charge in [-0.15, -0.1) is 11.6 Å². The molecule has 3 nitrogen and oxygen atoms in total. The lowest BCUT2D eigenvalue weighted by atomic mass is 10.3. The molecule has 0 saturated carbocycles. The van der Waals surface area contributed by atoms with Gasteiger partial charge in [0, 0.05) is 12.4 Å². The van der Waals surface area contributed by atoms with E-state index in [-0.39, 0.29) is 0 Å². The van der Waals surface area contributed by atoms with Gasteiger partial charge >= 0.3 is 0 Å². The van der Waals surface area contributed by atoms with Crippen molar-refractivity contribution in [3.05, 3.63) is 36.5 Å². The zero-order chi connectivity index (χ0) is 9.10. The van der Waals surface area contributed by atoms with Crippen molar-refractivity contribution in [3.8, 4) is 11.5 Å². The summed E-state index contributed by atoms with van der Waals surface area (Å²) < 4.78 is 5.21. The highest BCUT2D eigenvalue weighted by Gasteiger charge is 2.04. The maximum Gasteiger partial charge on any atom is 0.227 e. The first-order chi connectivity index (χ1) is 6.40. The lowest BCUT2D eigenvalue weighted by Crippen LogP contribution is -1.80. The Morgan fingerprint density at radius 2 is 2.38 bits per heavy atom. The van der Waals surface area contributed by atoms with E-state index in [4.69, 9.17) is 16.0 Å². The van der Waals surface area contributed by atoms with Crippen LogP contribution < -0.4 is 0 Å². The molecule has 0 N–H and O–H groups in total. The maximum atomic E-state index is 5.59. The molecule has 2 heterocycles. The monoisotopic (exact) mass is 194 g/mol. The van der Waals surface area contributed by atoms with Crippen LogP contribution in [0.4, 0.5) is 0 Å². The summed E-state index contributed by atoms with van der Waals surface area (Å²) in [5, 5.41) is 0. The number of halogens is 1. The van der Waals surface area contributed by atoms with Gasteiger partial charge in [0.2, 0.25) is 5.89 Å². The van der Waals surface area contributed by atoms with Gasteiger partial charge in [-0.2, -0.15) is 0 Å². The first kappa shape index (κ1) is 8.26. The second-order valence-electron chi connectivity index (χ2n) is 2.52. The molecule has 0 atom stereocenters. The van der Waals surface area contributed by atoms with Gasteiger partial charge in [-0.3, -0.25) is 4.98 Å². The number of nitrogens with zero attached hydrogens (tertiary/aromatic N) is 2. The Morgan fingerprint density at radius 1 is 1.46 bits per heavy atom. The zero-order valence-corrected chi connectivity index (χ0v) is 7.53. The van der Waals surface area contributed by atoms with Crippen molar-refractivity contribution in [2.45, 2.75) is 5.88 Å². The van der Waals surface area contributed by atoms with Crippen LogP contribution in [0.5, 0.6) is 0 Å². The smallest absolute Gasteiger partial charge is 0.227 e. The number of oxazole rings is 1. The Labute approximate surface area is 80.4 Å². The van der Waals surface area contributed by atoms with Gasteiger partial charge in [0.25, 0.3) is 0 Å². The number of alkyl halides is 1. The molecule has 0 amide bonds. The van der Waals surface area contributed by atoms with Gasteiger partial charge in [0.05, 0.1) is 17.1 Å². The maximum absolute atomic E-state index is 5.59. The molecule has 4 heteroatoms. The molecule has 2 aromatic rings. The molecular formula is C9H7ClN2O. The minimum absolute atomic E-state index is 0.365. The Kier molecular flexibility index (Phi) is 2.27. The summed E-state index contributed by atoms with van der Waals surface area (Å²) in [6.45, 7) is 0. The van der Waals surface area contributed by atoms with Crippen LogP contribution in [0.2, 0.25) is 0 Å². The lowest BCUT2D eigenvalue weighted by Gasteiger charge is -1.90. The SMILES string of the molecule is ClCc1coc(-c2cccnc2)n1. The third-order valence-electron chi connectivity index (χ3n) is 1.60. The second-order valence-corrected chi connectivity index (χ2v) is 2.79. The normalized spacial score (nSPS) is 10.2. The third-order valence-corrected chi connectivity index (χ3v) is 1.87. The highest BCUT2D eigenvalue weighted by Crippen LogP contribution is 2.17. The Hall–Kier alpha value is -1.35. The molecule has 66 valence electrons. The lowest BCUT2D eigenvalue weighted by molar-refractivity contribution is 0.573. The molecule has 0 aliphatic carbocycles. The molecule has 0 aliphatic rings. The summed E-state index contributed by atoms with van der Waals surface area (Å²) in [5.41, 5.74) is 1.60. The topological polar surface area (TPSA) is 38.9 Å². The van der Waals surface area contributed by atoms with E-state index < -0.39 is 0 Å². The summed E-state index contributed by atoms with van der Waals surface area (Å²) in [6, 6.07) is 3.72. The second kappa shape index (κ2) is 3.58. The van der Waals surface area contributed by atoms with Crippen molar-refractivity contribution >= 4 is 11.6 Å². The first-order valence-corrected chi connectivity index (χ1v) is 4.34. The van der Waals surface area contributed by atoms with Gasteiger partial charge in [-0.1, -0.05) is 0 Å². The fraction of sp³-hybridized carbons (Fsp3) is 0.111. The molecule has 0 fully saturated rings. The molecule has 2 rings (SSSR count). The molecule has 0 aliphatic heterocycles. The van der Waals surface area contributed by atoms with Gasteiger partial charge in [0.15, 0.2) is 0 Å². The van der Waals surface area contributed by atoms with Crippen LogP contribution in [-0.4, -0.2) is 9.97 Å². The van der Waals surface area contributed by atoms with Crippen LogP contribution in [0.25, 0.3) is 11.5 Å². The first-order valence-electron chi connectivity index (χ1n) is 3.81. The Bertz CT molecular complexity index is 386. The molecule has 2 aromatic heterocycles. The number of aromatic nitrogens is 2. The molecule has 0 spiro atoms. The quantitative estimate of drug-likeness (QED) is 0.690. The average Bonchev–Trinajstić information content (AvgIpc) is 2.67. The molecule has 0 saturated heterocycles. The van der Waals surface area contributed by atoms with Crippen molar-refractivity contribution < 1.29 is 4.42 Å². The summed E-state index contributed by atoms with van der Waals surface area (Å²) in [4.78, 5) is 8.12. The van der Waals surface area contributed by atoms with Crippen molar-refractivity contribution in [3.63, 3.8) is 0 Å². The van der Waals surface area contributed by atoms with Crippen molar-refractivity contribution in [1.82, 2.24) is 9.97 Å². The van der Waals surface area contributed by atoms with E-state index in [1.165, 1.54) is 0 Å². The summed E-state index contributed by atoms with van der Waals surface area (Å²) in [5.74, 6) is 0.924. The predicted molar refractivity (Wildman–Crippen MR) is 49.3 cm³/mol. The number of rotatable bonds is 2. The van der Waals surface area contributed by atoms with Crippen LogP contribution in [0.3, 0.4) is 0 Å². The van der Waals surface area contributed by atoms with E-state index in [2.05, 4.69) is 9.97 Å². The van der Waals surface area contributed by atoms with E-state index in [0.717, 1.165) is 11.3 Å². The highest BCUT2D eigenvalue weighted by molar-refractivity contribution is 6.16. The van der Waals surface area contributed by atoms with Gasteiger partial charge in [-0.05, 0) is 12.1 Å². The highest BCUT2D eigenvalue weighted by atomic mass is 35.5. The van der Waals surface area contributed by atoms with E-state index in [9.17, 15) is 0 Å². The molecule has 0 radical (unpaired) electrons. The fourth-order valence-corrected chi connectivity index (χ4v) is 1.11. The van der Waals surface area contributed by atoms with Crippen LogP contribution in [0, 0.1) is 0 Å². The van der Waals surface area contributed by atoms with E-state index in [0.29, 0.717) is 11.8 Å². The van der Waals surface area contributed by atoms with E-state index in [1.807, 2.05) is 12.1 Å². The summed E-state index contributed by atoms with van der Waals surface area (Å²) in [7, 11) is 0. The fourth-order valence-electron chi connectivity index (χ4n) is 0.990. The van der Waals surface area contributed by atoms with Gasteiger partial charge < -0.3 is 4.42 Å². The largest absolute Gasteiger partial charge is 0.444 e. The minimum atomic E-state index is 0.365. The molecular weight excluding hydrogens is 188 g/mol. The van der Waals surface area contributed by atoms with Crippen molar-refractivity contribution in [2.24, 2.45) is 0 Å². The molecule has 0 bridgehead atoms. The minimum Gasteiger partial charge on any atom is -0.444 e. The van der Waals surface area contributed by atoms with Crippen LogP contribution in [0.15, 0.2) is 35.2 Å². The van der Waals surface area contributed by atoms with Crippen molar-refractivity contribution in [1.29, 1.82) is 0 Å². The Balaban J connectivity index is 2.36. The van der Waals surface area contributed by atoms with Crippen molar-refractivity contribution in [2.75, 3.05) is 0 Å². The summed E-state index contributed by atoms with van der Waals surface area (Å²) in [6.07, 6.45) is 4.95. The van der Waals surface area contributed by atoms with E-state index in [1.54, 1.807) is 18.7 Å². The number of pyridine rings is 1. The standard InChI is InChI=1S/C9H7ClN2O/c10-4-8-6-13-9(12-8)7-2-1-3-11-5-7/h1-3,5-6H,4H2. The average molecular weight is 195 g/mol. The van der Waals surface area contributed by atoms with Crippen LogP contribution >= 0.6 is 11.6 Å². The van der Waals surface area contributed by atoms with Crippen LogP contribution in [-0.2, 0) is 5.88 Å². The van der Waals surface area contributed by atoms with Gasteiger partial charge in [-0.25, -0.2) is 4.98 Å². The number of hydrogen-bond acceptors (Lipinski definition) is 3. The number of hydrogen-bond donors (Lipinski definition) is 0. The van der Waals surface area contributed by atoms with Crippen LogP contribution in [0.1, 0.15) is 5.69 Å². The molecule has 0 unspecified atom stereocenters. The predicted octanol–water partition coefficient (Wildman–Crippen LogP) is 2.48. The van der Waals surface area contributed by atoms with Gasteiger partial charge in [0.1, 0.15) is 6.26 Å².